The molecule has 2 rings (SSSR count). The number of hydrogen-bond acceptors (Lipinski definition) is 0. The second-order valence-electron chi connectivity index (χ2n) is 4.00. The van der Waals surface area contributed by atoms with Crippen molar-refractivity contribution < 1.29 is 0 Å². The van der Waals surface area contributed by atoms with Crippen LogP contribution >= 0.6 is 0 Å². The van der Waals surface area contributed by atoms with Gasteiger partial charge < -0.3 is 4.98 Å². The number of nitrogens with one attached hydrogen (secondary N) is 1. The smallest absolute Gasteiger partial charge is 0.110 e. The van der Waals surface area contributed by atoms with Crippen molar-refractivity contribution in [1.29, 1.82) is 0 Å². The van der Waals surface area contributed by atoms with Gasteiger partial charge in [0.2, 0.25) is 0 Å². The molecule has 0 aliphatic heterocycles. The standard InChI is InChI=1S/C8H12BN/c1-8(9)4-6-2-3-10-7(6)5-8/h2-3,10H,4-5,9H2,1H3. The van der Waals surface area contributed by atoms with Crippen molar-refractivity contribution in [3.8, 4) is 0 Å². The molecule has 1 aliphatic carbocycles. The molecule has 1 unspecified atom stereocenters. The Hall–Kier alpha value is -0.655. The van der Waals surface area contributed by atoms with E-state index in [2.05, 4.69) is 25.8 Å². The Labute approximate surface area is 62.2 Å². The minimum Gasteiger partial charge on any atom is -0.365 e. The van der Waals surface area contributed by atoms with E-state index in [-0.39, 0.29) is 0 Å². The Kier molecular flexibility index (Phi) is 1.02. The van der Waals surface area contributed by atoms with Gasteiger partial charge in [-0.1, -0.05) is 12.2 Å². The summed E-state index contributed by atoms with van der Waals surface area (Å²) in [5.41, 5.74) is 2.97. The van der Waals surface area contributed by atoms with Gasteiger partial charge in [0.25, 0.3) is 0 Å². The molecule has 10 heavy (non-hydrogen) atoms. The maximum atomic E-state index is 3.27. The second kappa shape index (κ2) is 1.69. The number of hydrogen-bond donors (Lipinski definition) is 1. The molecule has 1 heterocycles. The van der Waals surface area contributed by atoms with E-state index in [4.69, 9.17) is 0 Å². The summed E-state index contributed by atoms with van der Waals surface area (Å²) >= 11 is 0. The Morgan fingerprint density at radius 3 is 3.10 bits per heavy atom. The topological polar surface area (TPSA) is 15.8 Å². The van der Waals surface area contributed by atoms with E-state index >= 15 is 0 Å². The van der Waals surface area contributed by atoms with E-state index in [0.29, 0.717) is 5.31 Å². The summed E-state index contributed by atoms with van der Waals surface area (Å²) in [6.45, 7) is 2.32. The fourth-order valence-electron chi connectivity index (χ4n) is 1.82. The van der Waals surface area contributed by atoms with Crippen molar-refractivity contribution in [3.63, 3.8) is 0 Å². The molecule has 1 aromatic rings. The van der Waals surface area contributed by atoms with E-state index in [1.807, 2.05) is 6.20 Å². The van der Waals surface area contributed by atoms with Gasteiger partial charge in [0.1, 0.15) is 7.85 Å². The predicted molar refractivity (Wildman–Crippen MR) is 45.1 cm³/mol. The van der Waals surface area contributed by atoms with Gasteiger partial charge in [-0.2, -0.15) is 0 Å². The highest BCUT2D eigenvalue weighted by Gasteiger charge is 2.28. The zero-order valence-corrected chi connectivity index (χ0v) is 6.57. The molecule has 1 aromatic heterocycles. The lowest BCUT2D eigenvalue weighted by molar-refractivity contribution is 0.650. The monoisotopic (exact) mass is 133 g/mol. The molecular weight excluding hydrogens is 121 g/mol. The van der Waals surface area contributed by atoms with Crippen molar-refractivity contribution >= 4 is 7.85 Å². The normalized spacial score (nSPS) is 30.5. The summed E-state index contributed by atoms with van der Waals surface area (Å²) < 4.78 is 0. The average Bonchev–Trinajstić information content (AvgIpc) is 2.20. The van der Waals surface area contributed by atoms with Crippen molar-refractivity contribution in [2.45, 2.75) is 25.1 Å². The van der Waals surface area contributed by atoms with Gasteiger partial charge in [-0.15, -0.1) is 0 Å². The second-order valence-corrected chi connectivity index (χ2v) is 4.00. The summed E-state index contributed by atoms with van der Waals surface area (Å²) in [4.78, 5) is 3.27. The van der Waals surface area contributed by atoms with Crippen LogP contribution in [0.1, 0.15) is 18.2 Å². The summed E-state index contributed by atoms with van der Waals surface area (Å²) in [6.07, 6.45) is 4.50. The van der Waals surface area contributed by atoms with Crippen LogP contribution in [-0.2, 0) is 12.8 Å². The molecule has 0 aromatic carbocycles. The molecule has 2 heteroatoms. The van der Waals surface area contributed by atoms with E-state index < -0.39 is 0 Å². The minimum absolute atomic E-state index is 0.502. The summed E-state index contributed by atoms with van der Waals surface area (Å²) in [6, 6.07) is 2.20. The van der Waals surface area contributed by atoms with E-state index in [1.54, 1.807) is 0 Å². The fraction of sp³-hybridized carbons (Fsp3) is 0.500. The first-order chi connectivity index (χ1) is 4.67. The molecule has 52 valence electrons. The third-order valence-corrected chi connectivity index (χ3v) is 2.25. The summed E-state index contributed by atoms with van der Waals surface area (Å²) in [5, 5.41) is 0.502. The maximum absolute atomic E-state index is 3.27. The van der Waals surface area contributed by atoms with E-state index in [9.17, 15) is 0 Å². The molecule has 0 fully saturated rings. The van der Waals surface area contributed by atoms with Gasteiger partial charge in [0, 0.05) is 11.9 Å². The zero-order valence-electron chi connectivity index (χ0n) is 6.57. The lowest BCUT2D eigenvalue weighted by atomic mass is 9.69. The lowest BCUT2D eigenvalue weighted by Gasteiger charge is -2.14. The molecule has 0 amide bonds. The molecule has 0 saturated heterocycles. The van der Waals surface area contributed by atoms with Crippen LogP contribution in [0.4, 0.5) is 0 Å². The molecule has 1 atom stereocenters. The lowest BCUT2D eigenvalue weighted by Crippen LogP contribution is -2.07. The molecule has 0 bridgehead atoms. The van der Waals surface area contributed by atoms with Gasteiger partial charge in [0.05, 0.1) is 0 Å². The van der Waals surface area contributed by atoms with Crippen LogP contribution in [0.5, 0.6) is 0 Å². The first-order valence-corrected chi connectivity index (χ1v) is 3.82. The van der Waals surface area contributed by atoms with Crippen LogP contribution in [0, 0.1) is 0 Å². The third kappa shape index (κ3) is 0.790. The first-order valence-electron chi connectivity index (χ1n) is 3.82. The fourth-order valence-corrected chi connectivity index (χ4v) is 1.82. The van der Waals surface area contributed by atoms with Crippen LogP contribution in [0.2, 0.25) is 5.31 Å². The van der Waals surface area contributed by atoms with Crippen LogP contribution in [0.25, 0.3) is 0 Å². The predicted octanol–water partition coefficient (Wildman–Crippen LogP) is 0.925. The van der Waals surface area contributed by atoms with Gasteiger partial charge >= 0.3 is 0 Å². The van der Waals surface area contributed by atoms with Crippen molar-refractivity contribution in [2.24, 2.45) is 0 Å². The largest absolute Gasteiger partial charge is 0.365 e. The quantitative estimate of drug-likeness (QED) is 0.506. The van der Waals surface area contributed by atoms with Crippen molar-refractivity contribution in [1.82, 2.24) is 4.98 Å². The molecule has 0 radical (unpaired) electrons. The van der Waals surface area contributed by atoms with Crippen LogP contribution in [0.15, 0.2) is 12.3 Å². The van der Waals surface area contributed by atoms with Crippen LogP contribution < -0.4 is 0 Å². The Bertz CT molecular complexity index is 227. The summed E-state index contributed by atoms with van der Waals surface area (Å²) in [5.74, 6) is 0. The third-order valence-electron chi connectivity index (χ3n) is 2.25. The molecule has 0 spiro atoms. The number of H-pyrrole nitrogens is 1. The molecule has 1 aliphatic rings. The van der Waals surface area contributed by atoms with Crippen molar-refractivity contribution in [2.75, 3.05) is 0 Å². The highest BCUT2D eigenvalue weighted by molar-refractivity contribution is 6.15. The van der Waals surface area contributed by atoms with Crippen LogP contribution in [-0.4, -0.2) is 12.8 Å². The maximum Gasteiger partial charge on any atom is 0.110 e. The Morgan fingerprint density at radius 1 is 1.60 bits per heavy atom. The Morgan fingerprint density at radius 2 is 2.40 bits per heavy atom. The minimum atomic E-state index is 0.502. The van der Waals surface area contributed by atoms with E-state index in [1.165, 1.54) is 24.1 Å². The van der Waals surface area contributed by atoms with Crippen LogP contribution in [0.3, 0.4) is 0 Å². The Balaban J connectivity index is 2.37. The zero-order chi connectivity index (χ0) is 7.19. The number of aromatic amines is 1. The molecule has 1 nitrogen and oxygen atoms in total. The number of rotatable bonds is 0. The summed E-state index contributed by atoms with van der Waals surface area (Å²) in [7, 11) is 2.32. The number of aromatic nitrogens is 1. The van der Waals surface area contributed by atoms with E-state index in [0.717, 1.165) is 0 Å². The highest BCUT2D eigenvalue weighted by Crippen LogP contribution is 2.38. The molecule has 1 N–H and O–H groups in total. The van der Waals surface area contributed by atoms with Gasteiger partial charge in [-0.05, 0) is 24.5 Å². The average molecular weight is 133 g/mol. The van der Waals surface area contributed by atoms with Crippen molar-refractivity contribution in [3.05, 3.63) is 23.5 Å². The van der Waals surface area contributed by atoms with Gasteiger partial charge in [-0.25, -0.2) is 0 Å². The van der Waals surface area contributed by atoms with Gasteiger partial charge in [0.15, 0.2) is 0 Å². The molecule has 0 saturated carbocycles. The first kappa shape index (κ1) is 6.08. The number of fused-ring (bicyclic) bond motifs is 1. The SMILES string of the molecule is BC1(C)Cc2cc[nH]c2C1. The van der Waals surface area contributed by atoms with Gasteiger partial charge in [-0.3, -0.25) is 0 Å². The molecular formula is C8H12BN. The highest BCUT2D eigenvalue weighted by atomic mass is 14.7.